The van der Waals surface area contributed by atoms with Crippen LogP contribution in [0.15, 0.2) is 41.3 Å². The van der Waals surface area contributed by atoms with E-state index in [0.717, 1.165) is 5.56 Å². The zero-order chi connectivity index (χ0) is 17.0. The molecule has 0 aliphatic rings. The molecule has 2 aromatic rings. The Kier molecular flexibility index (Phi) is 5.68. The van der Waals surface area contributed by atoms with E-state index in [1.54, 1.807) is 45.2 Å². The molecule has 0 heterocycles. The number of halogens is 1. The number of methoxy groups -OCH3 is 1. The van der Waals surface area contributed by atoms with Crippen LogP contribution in [0, 0.1) is 13.8 Å². The van der Waals surface area contributed by atoms with Crippen LogP contribution < -0.4 is 9.46 Å². The van der Waals surface area contributed by atoms with Gasteiger partial charge in [-0.2, -0.15) is 0 Å². The first kappa shape index (κ1) is 17.8. The molecule has 0 atom stereocenters. The van der Waals surface area contributed by atoms with Gasteiger partial charge in [0.25, 0.3) is 0 Å². The molecule has 0 aliphatic carbocycles. The van der Waals surface area contributed by atoms with E-state index < -0.39 is 10.0 Å². The van der Waals surface area contributed by atoms with Gasteiger partial charge in [0.1, 0.15) is 5.75 Å². The monoisotopic (exact) mass is 353 g/mol. The first-order valence-corrected chi connectivity index (χ1v) is 9.09. The van der Waals surface area contributed by atoms with E-state index in [2.05, 4.69) is 4.72 Å². The average Bonchev–Trinajstić information content (AvgIpc) is 2.48. The fraction of sp³-hybridized carbons (Fsp3) is 0.294. The van der Waals surface area contributed by atoms with Crippen molar-refractivity contribution in [3.63, 3.8) is 0 Å². The number of hydrogen-bond donors (Lipinski definition) is 1. The van der Waals surface area contributed by atoms with Gasteiger partial charge in [-0.25, -0.2) is 13.1 Å². The minimum absolute atomic E-state index is 0.314. The maximum atomic E-state index is 12.5. The molecule has 0 amide bonds. The molecule has 6 heteroatoms. The normalized spacial score (nSPS) is 11.5. The maximum Gasteiger partial charge on any atom is 0.241 e. The molecule has 2 rings (SSSR count). The van der Waals surface area contributed by atoms with E-state index in [1.165, 1.54) is 0 Å². The number of hydrogen-bond acceptors (Lipinski definition) is 3. The van der Waals surface area contributed by atoms with Crippen molar-refractivity contribution in [1.82, 2.24) is 4.72 Å². The standard InChI is InChI=1S/C17H20ClNO3S/c1-12-10-16(22-3)11-13(2)17(12)23(20,21)19-9-8-14-4-6-15(18)7-5-14/h4-7,10-11,19H,8-9H2,1-3H3. The summed E-state index contributed by atoms with van der Waals surface area (Å²) >= 11 is 5.84. The number of rotatable bonds is 6. The highest BCUT2D eigenvalue weighted by atomic mass is 35.5. The second-order valence-electron chi connectivity index (χ2n) is 5.36. The van der Waals surface area contributed by atoms with Gasteiger partial charge in [0, 0.05) is 11.6 Å². The second-order valence-corrected chi connectivity index (χ2v) is 7.50. The number of benzene rings is 2. The Morgan fingerprint density at radius 1 is 1.09 bits per heavy atom. The smallest absolute Gasteiger partial charge is 0.241 e. The predicted molar refractivity (Wildman–Crippen MR) is 92.8 cm³/mol. The fourth-order valence-electron chi connectivity index (χ4n) is 2.51. The zero-order valence-electron chi connectivity index (χ0n) is 13.4. The largest absolute Gasteiger partial charge is 0.497 e. The summed E-state index contributed by atoms with van der Waals surface area (Å²) in [5, 5.41) is 0.666. The van der Waals surface area contributed by atoms with Crippen LogP contribution >= 0.6 is 11.6 Å². The summed E-state index contributed by atoms with van der Waals surface area (Å²) in [5.41, 5.74) is 2.36. The van der Waals surface area contributed by atoms with Crippen molar-refractivity contribution >= 4 is 21.6 Å². The van der Waals surface area contributed by atoms with Gasteiger partial charge in [-0.15, -0.1) is 0 Å². The van der Waals surface area contributed by atoms with Gasteiger partial charge in [0.2, 0.25) is 10.0 Å². The van der Waals surface area contributed by atoms with Crippen LogP contribution in [0.25, 0.3) is 0 Å². The zero-order valence-corrected chi connectivity index (χ0v) is 15.0. The minimum atomic E-state index is -3.56. The number of ether oxygens (including phenoxy) is 1. The van der Waals surface area contributed by atoms with Crippen molar-refractivity contribution in [2.75, 3.05) is 13.7 Å². The summed E-state index contributed by atoms with van der Waals surface area (Å²) in [5.74, 6) is 0.653. The van der Waals surface area contributed by atoms with Crippen LogP contribution in [-0.2, 0) is 16.4 Å². The van der Waals surface area contributed by atoms with Gasteiger partial charge < -0.3 is 4.74 Å². The summed E-state index contributed by atoms with van der Waals surface area (Å²) < 4.78 is 32.9. The third-order valence-corrected chi connectivity index (χ3v) is 5.57. The van der Waals surface area contributed by atoms with E-state index in [9.17, 15) is 8.42 Å². The molecule has 2 aromatic carbocycles. The lowest BCUT2D eigenvalue weighted by Crippen LogP contribution is -2.27. The van der Waals surface area contributed by atoms with Crippen molar-refractivity contribution in [3.05, 3.63) is 58.1 Å². The molecule has 0 radical (unpaired) electrons. The Balaban J connectivity index is 2.11. The molecule has 0 aromatic heterocycles. The number of nitrogens with one attached hydrogen (secondary N) is 1. The molecule has 23 heavy (non-hydrogen) atoms. The van der Waals surface area contributed by atoms with Crippen molar-refractivity contribution in [2.45, 2.75) is 25.2 Å². The molecule has 0 aliphatic heterocycles. The van der Waals surface area contributed by atoms with Gasteiger partial charge in [0.05, 0.1) is 12.0 Å². The summed E-state index contributed by atoms with van der Waals surface area (Å²) in [4.78, 5) is 0.314. The predicted octanol–water partition coefficient (Wildman–Crippen LogP) is 3.49. The van der Waals surface area contributed by atoms with Gasteiger partial charge >= 0.3 is 0 Å². The van der Waals surface area contributed by atoms with Gasteiger partial charge in [-0.1, -0.05) is 23.7 Å². The molecule has 1 N–H and O–H groups in total. The maximum absolute atomic E-state index is 12.5. The van der Waals surface area contributed by atoms with E-state index in [0.29, 0.717) is 39.8 Å². The first-order valence-electron chi connectivity index (χ1n) is 7.23. The third kappa shape index (κ3) is 4.47. The lowest BCUT2D eigenvalue weighted by Gasteiger charge is -2.13. The molecular formula is C17H20ClNO3S. The molecule has 0 bridgehead atoms. The van der Waals surface area contributed by atoms with Crippen LogP contribution in [0.1, 0.15) is 16.7 Å². The van der Waals surface area contributed by atoms with Crippen molar-refractivity contribution in [2.24, 2.45) is 0 Å². The molecule has 0 spiro atoms. The highest BCUT2D eigenvalue weighted by molar-refractivity contribution is 7.89. The highest BCUT2D eigenvalue weighted by Crippen LogP contribution is 2.25. The number of sulfonamides is 1. The summed E-state index contributed by atoms with van der Waals surface area (Å²) in [7, 11) is -1.99. The minimum Gasteiger partial charge on any atom is -0.497 e. The fourth-order valence-corrected chi connectivity index (χ4v) is 4.11. The SMILES string of the molecule is COc1cc(C)c(S(=O)(=O)NCCc2ccc(Cl)cc2)c(C)c1. The second kappa shape index (κ2) is 7.34. The number of aryl methyl sites for hydroxylation is 2. The van der Waals surface area contributed by atoms with E-state index >= 15 is 0 Å². The van der Waals surface area contributed by atoms with Crippen LogP contribution in [-0.4, -0.2) is 22.1 Å². The summed E-state index contributed by atoms with van der Waals surface area (Å²) in [6, 6.07) is 10.8. The average molecular weight is 354 g/mol. The van der Waals surface area contributed by atoms with Gasteiger partial charge in [-0.05, 0) is 61.2 Å². The van der Waals surface area contributed by atoms with Crippen molar-refractivity contribution < 1.29 is 13.2 Å². The van der Waals surface area contributed by atoms with Crippen LogP contribution in [0.2, 0.25) is 5.02 Å². The first-order chi connectivity index (χ1) is 10.8. The lowest BCUT2D eigenvalue weighted by atomic mass is 10.1. The van der Waals surface area contributed by atoms with E-state index in [-0.39, 0.29) is 0 Å². The highest BCUT2D eigenvalue weighted by Gasteiger charge is 2.20. The molecule has 0 fully saturated rings. The van der Waals surface area contributed by atoms with Crippen LogP contribution in [0.4, 0.5) is 0 Å². The van der Waals surface area contributed by atoms with Crippen molar-refractivity contribution in [3.8, 4) is 5.75 Å². The quantitative estimate of drug-likeness (QED) is 0.864. The Morgan fingerprint density at radius 2 is 1.65 bits per heavy atom. The molecular weight excluding hydrogens is 334 g/mol. The topological polar surface area (TPSA) is 55.4 Å². The van der Waals surface area contributed by atoms with E-state index in [4.69, 9.17) is 16.3 Å². The Morgan fingerprint density at radius 3 is 2.17 bits per heavy atom. The van der Waals surface area contributed by atoms with Gasteiger partial charge in [0.15, 0.2) is 0 Å². The summed E-state index contributed by atoms with van der Waals surface area (Å²) in [6.45, 7) is 3.86. The Labute approximate surface area is 142 Å². The molecule has 0 saturated heterocycles. The molecule has 124 valence electrons. The molecule has 0 unspecified atom stereocenters. The van der Waals surface area contributed by atoms with Crippen LogP contribution in [0.5, 0.6) is 5.75 Å². The van der Waals surface area contributed by atoms with Crippen molar-refractivity contribution in [1.29, 1.82) is 0 Å². The Bertz CT molecular complexity index is 763. The Hall–Kier alpha value is -1.56. The third-order valence-electron chi connectivity index (χ3n) is 3.56. The van der Waals surface area contributed by atoms with Crippen LogP contribution in [0.3, 0.4) is 0 Å². The lowest BCUT2D eigenvalue weighted by molar-refractivity contribution is 0.413. The summed E-state index contributed by atoms with van der Waals surface area (Å²) in [6.07, 6.45) is 0.602. The molecule has 4 nitrogen and oxygen atoms in total. The van der Waals surface area contributed by atoms with Gasteiger partial charge in [-0.3, -0.25) is 0 Å². The van der Waals surface area contributed by atoms with E-state index in [1.807, 2.05) is 12.1 Å². The molecule has 0 saturated carbocycles.